The van der Waals surface area contributed by atoms with Gasteiger partial charge in [-0.15, -0.1) is 11.8 Å². The molecule has 0 aliphatic rings. The molecule has 16 heavy (non-hydrogen) atoms. The average Bonchev–Trinajstić information content (AvgIpc) is 2.38. The maximum Gasteiger partial charge on any atom is 0.146 e. The molecule has 0 aliphatic carbocycles. The van der Waals surface area contributed by atoms with Crippen molar-refractivity contribution in [2.24, 2.45) is 0 Å². The van der Waals surface area contributed by atoms with E-state index in [1.54, 1.807) is 24.2 Å². The Balaban J connectivity index is 1.99. The number of rotatable bonds is 4. The molecular formula is C12H13N3S. The fourth-order valence-electron chi connectivity index (χ4n) is 1.32. The number of hydrogen-bond acceptors (Lipinski definition) is 4. The molecule has 0 fully saturated rings. The van der Waals surface area contributed by atoms with Gasteiger partial charge < -0.3 is 5.32 Å². The molecule has 0 saturated heterocycles. The summed E-state index contributed by atoms with van der Waals surface area (Å²) >= 11 is 1.59. The topological polar surface area (TPSA) is 37.8 Å². The average molecular weight is 231 g/mol. The number of benzene rings is 1. The lowest BCUT2D eigenvalue weighted by molar-refractivity contribution is 1.02. The summed E-state index contributed by atoms with van der Waals surface area (Å²) in [6, 6.07) is 10.2. The van der Waals surface area contributed by atoms with Crippen LogP contribution in [0.25, 0.3) is 0 Å². The SMILES string of the molecule is CSc1cncc(NCc2ccccc2)n1. The second-order valence-electron chi connectivity index (χ2n) is 3.29. The van der Waals surface area contributed by atoms with Crippen LogP contribution in [0.1, 0.15) is 5.56 Å². The fraction of sp³-hybridized carbons (Fsp3) is 0.167. The van der Waals surface area contributed by atoms with Gasteiger partial charge in [-0.2, -0.15) is 0 Å². The summed E-state index contributed by atoms with van der Waals surface area (Å²) in [6.45, 7) is 0.771. The molecular weight excluding hydrogens is 218 g/mol. The fourth-order valence-corrected chi connectivity index (χ4v) is 1.68. The molecule has 2 aromatic rings. The van der Waals surface area contributed by atoms with Gasteiger partial charge in [0.2, 0.25) is 0 Å². The van der Waals surface area contributed by atoms with Gasteiger partial charge in [0.1, 0.15) is 10.8 Å². The maximum atomic E-state index is 4.40. The van der Waals surface area contributed by atoms with Crippen LogP contribution in [-0.2, 0) is 6.54 Å². The first kappa shape index (κ1) is 11.0. The van der Waals surface area contributed by atoms with E-state index in [4.69, 9.17) is 0 Å². The molecule has 1 aromatic heterocycles. The van der Waals surface area contributed by atoms with E-state index in [0.717, 1.165) is 17.4 Å². The van der Waals surface area contributed by atoms with Crippen molar-refractivity contribution in [1.82, 2.24) is 9.97 Å². The number of thioether (sulfide) groups is 1. The van der Waals surface area contributed by atoms with Gasteiger partial charge in [0.15, 0.2) is 0 Å². The van der Waals surface area contributed by atoms with E-state index in [0.29, 0.717) is 0 Å². The summed E-state index contributed by atoms with van der Waals surface area (Å²) in [5.74, 6) is 0.815. The van der Waals surface area contributed by atoms with E-state index in [9.17, 15) is 0 Å². The van der Waals surface area contributed by atoms with Crippen molar-refractivity contribution in [2.45, 2.75) is 11.6 Å². The van der Waals surface area contributed by atoms with Crippen LogP contribution in [-0.4, -0.2) is 16.2 Å². The number of anilines is 1. The Morgan fingerprint density at radius 3 is 2.75 bits per heavy atom. The Bertz CT molecular complexity index is 445. The van der Waals surface area contributed by atoms with Gasteiger partial charge in [-0.05, 0) is 11.8 Å². The summed E-state index contributed by atoms with van der Waals surface area (Å²) in [7, 11) is 0. The molecule has 0 amide bonds. The van der Waals surface area contributed by atoms with E-state index in [2.05, 4.69) is 27.4 Å². The normalized spacial score (nSPS) is 10.1. The molecule has 0 bridgehead atoms. The third-order valence-corrected chi connectivity index (χ3v) is 2.75. The predicted molar refractivity (Wildman–Crippen MR) is 67.6 cm³/mol. The van der Waals surface area contributed by atoms with E-state index in [-0.39, 0.29) is 0 Å². The van der Waals surface area contributed by atoms with Crippen LogP contribution in [0.2, 0.25) is 0 Å². The lowest BCUT2D eigenvalue weighted by Gasteiger charge is -2.05. The Labute approximate surface area is 99.3 Å². The molecule has 2 rings (SSSR count). The third-order valence-electron chi connectivity index (χ3n) is 2.14. The molecule has 0 atom stereocenters. The summed E-state index contributed by atoms with van der Waals surface area (Å²) in [6.07, 6.45) is 5.49. The minimum absolute atomic E-state index is 0.771. The van der Waals surface area contributed by atoms with Gasteiger partial charge >= 0.3 is 0 Å². The van der Waals surface area contributed by atoms with Gasteiger partial charge in [-0.3, -0.25) is 4.98 Å². The second kappa shape index (κ2) is 5.51. The highest BCUT2D eigenvalue weighted by atomic mass is 32.2. The van der Waals surface area contributed by atoms with Gasteiger partial charge in [-0.25, -0.2) is 4.98 Å². The van der Waals surface area contributed by atoms with Crippen molar-refractivity contribution < 1.29 is 0 Å². The largest absolute Gasteiger partial charge is 0.365 e. The maximum absolute atomic E-state index is 4.40. The summed E-state index contributed by atoms with van der Waals surface area (Å²) < 4.78 is 0. The highest BCUT2D eigenvalue weighted by Crippen LogP contribution is 2.12. The smallest absolute Gasteiger partial charge is 0.146 e. The number of nitrogens with zero attached hydrogens (tertiary/aromatic N) is 2. The first-order valence-electron chi connectivity index (χ1n) is 5.02. The molecule has 1 heterocycles. The summed E-state index contributed by atoms with van der Waals surface area (Å²) in [5, 5.41) is 4.18. The van der Waals surface area contributed by atoms with Gasteiger partial charge in [-0.1, -0.05) is 30.3 Å². The van der Waals surface area contributed by atoms with Crippen molar-refractivity contribution in [2.75, 3.05) is 11.6 Å². The van der Waals surface area contributed by atoms with Gasteiger partial charge in [0, 0.05) is 6.54 Å². The monoisotopic (exact) mass is 231 g/mol. The van der Waals surface area contributed by atoms with Crippen LogP contribution in [0.5, 0.6) is 0 Å². The predicted octanol–water partition coefficient (Wildman–Crippen LogP) is 2.81. The molecule has 1 aromatic carbocycles. The zero-order chi connectivity index (χ0) is 11.2. The number of aromatic nitrogens is 2. The van der Waals surface area contributed by atoms with Crippen LogP contribution in [0, 0.1) is 0 Å². The molecule has 0 unspecified atom stereocenters. The van der Waals surface area contributed by atoms with Crippen LogP contribution < -0.4 is 5.32 Å². The Kier molecular flexibility index (Phi) is 3.77. The van der Waals surface area contributed by atoms with Crippen LogP contribution in [0.3, 0.4) is 0 Å². The molecule has 0 spiro atoms. The Morgan fingerprint density at radius 1 is 1.19 bits per heavy atom. The second-order valence-corrected chi connectivity index (χ2v) is 4.11. The van der Waals surface area contributed by atoms with Gasteiger partial charge in [0.05, 0.1) is 12.4 Å². The number of hydrogen-bond donors (Lipinski definition) is 1. The van der Waals surface area contributed by atoms with Crippen molar-refractivity contribution in [3.8, 4) is 0 Å². The zero-order valence-electron chi connectivity index (χ0n) is 9.05. The Morgan fingerprint density at radius 2 is 2.00 bits per heavy atom. The molecule has 0 saturated carbocycles. The standard InChI is InChI=1S/C12H13N3S/c1-16-12-9-13-8-11(15-12)14-7-10-5-3-2-4-6-10/h2-6,8-9H,7H2,1H3,(H,14,15). The molecule has 3 nitrogen and oxygen atoms in total. The summed E-state index contributed by atoms with van der Waals surface area (Å²) in [5.41, 5.74) is 1.24. The molecule has 0 aliphatic heterocycles. The van der Waals surface area contributed by atoms with Crippen molar-refractivity contribution >= 4 is 17.6 Å². The van der Waals surface area contributed by atoms with E-state index in [1.165, 1.54) is 5.56 Å². The lowest BCUT2D eigenvalue weighted by atomic mass is 10.2. The van der Waals surface area contributed by atoms with E-state index < -0.39 is 0 Å². The minimum Gasteiger partial charge on any atom is -0.365 e. The molecule has 0 radical (unpaired) electrons. The summed E-state index contributed by atoms with van der Waals surface area (Å²) in [4.78, 5) is 8.52. The molecule has 82 valence electrons. The highest BCUT2D eigenvalue weighted by Gasteiger charge is 1.97. The van der Waals surface area contributed by atoms with E-state index in [1.807, 2.05) is 24.5 Å². The van der Waals surface area contributed by atoms with Crippen molar-refractivity contribution in [3.63, 3.8) is 0 Å². The van der Waals surface area contributed by atoms with Crippen LogP contribution >= 0.6 is 11.8 Å². The van der Waals surface area contributed by atoms with Crippen molar-refractivity contribution in [1.29, 1.82) is 0 Å². The zero-order valence-corrected chi connectivity index (χ0v) is 9.87. The lowest BCUT2D eigenvalue weighted by Crippen LogP contribution is -2.01. The van der Waals surface area contributed by atoms with Crippen LogP contribution in [0.15, 0.2) is 47.8 Å². The number of nitrogens with one attached hydrogen (secondary N) is 1. The first-order chi connectivity index (χ1) is 7.88. The van der Waals surface area contributed by atoms with E-state index >= 15 is 0 Å². The quantitative estimate of drug-likeness (QED) is 0.821. The Hall–Kier alpha value is -1.55. The first-order valence-corrected chi connectivity index (χ1v) is 6.25. The highest BCUT2D eigenvalue weighted by molar-refractivity contribution is 7.98. The van der Waals surface area contributed by atoms with Gasteiger partial charge in [0.25, 0.3) is 0 Å². The van der Waals surface area contributed by atoms with Crippen molar-refractivity contribution in [3.05, 3.63) is 48.3 Å². The van der Waals surface area contributed by atoms with Crippen LogP contribution in [0.4, 0.5) is 5.82 Å². The minimum atomic E-state index is 0.771. The third kappa shape index (κ3) is 2.97. The molecule has 1 N–H and O–H groups in total. The molecule has 4 heteroatoms.